The number of ether oxygens (including phenoxy) is 2. The Morgan fingerprint density at radius 3 is 2.80 bits per heavy atom. The summed E-state index contributed by atoms with van der Waals surface area (Å²) in [6.07, 6.45) is 3.36. The number of fused-ring (bicyclic) bond motifs is 1. The van der Waals surface area contributed by atoms with Crippen LogP contribution in [-0.2, 0) is 6.54 Å². The third kappa shape index (κ3) is 2.60. The van der Waals surface area contributed by atoms with Crippen LogP contribution in [-0.4, -0.2) is 35.1 Å². The maximum absolute atomic E-state index is 12.5. The van der Waals surface area contributed by atoms with Crippen molar-refractivity contribution in [1.29, 1.82) is 0 Å². The van der Waals surface area contributed by atoms with Crippen LogP contribution in [0.5, 0.6) is 11.6 Å². The van der Waals surface area contributed by atoms with Gasteiger partial charge in [0.05, 0.1) is 49.4 Å². The second-order valence-corrected chi connectivity index (χ2v) is 6.22. The van der Waals surface area contributed by atoms with Gasteiger partial charge in [0.2, 0.25) is 0 Å². The Labute approximate surface area is 147 Å². The Balaban J connectivity index is 1.70. The third-order valence-electron chi connectivity index (χ3n) is 3.97. The molecule has 126 valence electrons. The summed E-state index contributed by atoms with van der Waals surface area (Å²) in [6.45, 7) is 0.435. The zero-order valence-electron chi connectivity index (χ0n) is 13.6. The number of nitrogens with zero attached hydrogens (tertiary/aromatic N) is 4. The van der Waals surface area contributed by atoms with E-state index < -0.39 is 0 Å². The SMILES string of the molecule is COc1cc(-c2ccc3c(n2)CN(c2cncs2)C3=O)cnc1OC. The molecule has 0 atom stereocenters. The zero-order chi connectivity index (χ0) is 17.4. The maximum atomic E-state index is 12.5. The molecule has 1 aliphatic rings. The van der Waals surface area contributed by atoms with Crippen molar-refractivity contribution in [1.82, 2.24) is 15.0 Å². The van der Waals surface area contributed by atoms with Gasteiger partial charge in [-0.2, -0.15) is 0 Å². The molecule has 1 amide bonds. The smallest absolute Gasteiger partial charge is 0.261 e. The minimum atomic E-state index is -0.0521. The molecule has 1 aliphatic heterocycles. The Morgan fingerprint density at radius 1 is 1.20 bits per heavy atom. The van der Waals surface area contributed by atoms with Crippen molar-refractivity contribution in [2.24, 2.45) is 0 Å². The number of amides is 1. The van der Waals surface area contributed by atoms with Gasteiger partial charge in [0, 0.05) is 11.8 Å². The van der Waals surface area contributed by atoms with Crippen molar-refractivity contribution in [2.75, 3.05) is 19.1 Å². The molecule has 7 nitrogen and oxygen atoms in total. The maximum Gasteiger partial charge on any atom is 0.261 e. The molecule has 25 heavy (non-hydrogen) atoms. The van der Waals surface area contributed by atoms with Gasteiger partial charge in [-0.15, -0.1) is 11.3 Å². The summed E-state index contributed by atoms with van der Waals surface area (Å²) in [7, 11) is 3.10. The zero-order valence-corrected chi connectivity index (χ0v) is 14.4. The average Bonchev–Trinajstić information content (AvgIpc) is 3.29. The lowest BCUT2D eigenvalue weighted by atomic mass is 10.1. The summed E-state index contributed by atoms with van der Waals surface area (Å²) in [4.78, 5) is 27.2. The first kappa shape index (κ1) is 15.5. The molecule has 0 bridgehead atoms. The van der Waals surface area contributed by atoms with Crippen LogP contribution < -0.4 is 14.4 Å². The fourth-order valence-electron chi connectivity index (χ4n) is 2.74. The molecule has 0 N–H and O–H groups in total. The molecule has 0 unspecified atom stereocenters. The lowest BCUT2D eigenvalue weighted by Crippen LogP contribution is -2.21. The third-order valence-corrected chi connectivity index (χ3v) is 4.76. The summed E-state index contributed by atoms with van der Waals surface area (Å²) in [5, 5.41) is 0.817. The van der Waals surface area contributed by atoms with Crippen LogP contribution in [0.1, 0.15) is 16.1 Å². The van der Waals surface area contributed by atoms with E-state index in [1.54, 1.807) is 36.0 Å². The number of anilines is 1. The standard InChI is InChI=1S/C17H14N4O3S/c1-23-14-5-10(6-19-16(14)24-2)12-4-3-11-13(20-12)8-21(17(11)22)15-7-18-9-25-15/h3-7,9H,8H2,1-2H3. The monoisotopic (exact) mass is 354 g/mol. The molecule has 0 radical (unpaired) electrons. The molecule has 0 spiro atoms. The second kappa shape index (κ2) is 6.14. The van der Waals surface area contributed by atoms with E-state index in [4.69, 9.17) is 9.47 Å². The van der Waals surface area contributed by atoms with E-state index >= 15 is 0 Å². The summed E-state index contributed by atoms with van der Waals surface area (Å²) in [5.74, 6) is 0.896. The van der Waals surface area contributed by atoms with Crippen LogP contribution in [0.4, 0.5) is 5.00 Å². The molecule has 0 aromatic carbocycles. The quantitative estimate of drug-likeness (QED) is 0.717. The Hall–Kier alpha value is -3.00. The van der Waals surface area contributed by atoms with Crippen molar-refractivity contribution in [3.8, 4) is 22.9 Å². The van der Waals surface area contributed by atoms with Gasteiger partial charge in [-0.1, -0.05) is 0 Å². The van der Waals surface area contributed by atoms with Gasteiger partial charge in [0.25, 0.3) is 11.8 Å². The number of methoxy groups -OCH3 is 2. The van der Waals surface area contributed by atoms with Crippen molar-refractivity contribution in [3.05, 3.63) is 47.4 Å². The van der Waals surface area contributed by atoms with Crippen molar-refractivity contribution in [3.63, 3.8) is 0 Å². The average molecular weight is 354 g/mol. The minimum absolute atomic E-state index is 0.0521. The van der Waals surface area contributed by atoms with Crippen LogP contribution in [0.3, 0.4) is 0 Å². The first-order valence-corrected chi connectivity index (χ1v) is 8.38. The number of hydrogen-bond donors (Lipinski definition) is 0. The van der Waals surface area contributed by atoms with Crippen LogP contribution in [0, 0.1) is 0 Å². The summed E-state index contributed by atoms with van der Waals surface area (Å²) in [5.41, 5.74) is 4.59. The van der Waals surface area contributed by atoms with Crippen LogP contribution >= 0.6 is 11.3 Å². The molecule has 0 saturated heterocycles. The lowest BCUT2D eigenvalue weighted by Gasteiger charge is -2.10. The first-order chi connectivity index (χ1) is 12.2. The van der Waals surface area contributed by atoms with E-state index in [0.29, 0.717) is 23.7 Å². The largest absolute Gasteiger partial charge is 0.491 e. The summed E-state index contributed by atoms with van der Waals surface area (Å²) in [6, 6.07) is 5.44. The molecule has 0 saturated carbocycles. The minimum Gasteiger partial charge on any atom is -0.491 e. The molecule has 3 aromatic rings. The number of carbonyl (C=O) groups excluding carboxylic acids is 1. The Kier molecular flexibility index (Phi) is 3.81. The highest BCUT2D eigenvalue weighted by Gasteiger charge is 2.30. The number of aromatic nitrogens is 3. The first-order valence-electron chi connectivity index (χ1n) is 7.50. The second-order valence-electron chi connectivity index (χ2n) is 5.36. The Bertz CT molecular complexity index is 943. The van der Waals surface area contributed by atoms with Gasteiger partial charge in [0.15, 0.2) is 5.75 Å². The topological polar surface area (TPSA) is 77.4 Å². The molecular formula is C17H14N4O3S. The highest BCUT2D eigenvalue weighted by Crippen LogP contribution is 2.33. The van der Waals surface area contributed by atoms with Crippen LogP contribution in [0.25, 0.3) is 11.3 Å². The highest BCUT2D eigenvalue weighted by atomic mass is 32.1. The molecular weight excluding hydrogens is 340 g/mol. The van der Waals surface area contributed by atoms with Crippen LogP contribution in [0.2, 0.25) is 0 Å². The number of hydrogen-bond acceptors (Lipinski definition) is 7. The van der Waals surface area contributed by atoms with Crippen molar-refractivity contribution in [2.45, 2.75) is 6.54 Å². The number of thiazole rings is 1. The Morgan fingerprint density at radius 2 is 2.08 bits per heavy atom. The summed E-state index contributed by atoms with van der Waals surface area (Å²) < 4.78 is 10.4. The highest BCUT2D eigenvalue weighted by molar-refractivity contribution is 7.14. The van der Waals surface area contributed by atoms with E-state index in [0.717, 1.165) is 22.0 Å². The van der Waals surface area contributed by atoms with E-state index in [9.17, 15) is 4.79 Å². The van der Waals surface area contributed by atoms with Crippen molar-refractivity contribution >= 4 is 22.2 Å². The van der Waals surface area contributed by atoms with Gasteiger partial charge < -0.3 is 9.47 Å². The molecule has 3 aromatic heterocycles. The molecule has 4 rings (SSSR count). The predicted molar refractivity (Wildman–Crippen MR) is 93.2 cm³/mol. The normalized spacial score (nSPS) is 13.0. The van der Waals surface area contributed by atoms with Gasteiger partial charge >= 0.3 is 0 Å². The van der Waals surface area contributed by atoms with Gasteiger partial charge in [-0.05, 0) is 18.2 Å². The summed E-state index contributed by atoms with van der Waals surface area (Å²) >= 11 is 1.43. The molecule has 8 heteroatoms. The van der Waals surface area contributed by atoms with E-state index in [1.165, 1.54) is 18.4 Å². The van der Waals surface area contributed by atoms with Gasteiger partial charge in [-0.3, -0.25) is 19.7 Å². The lowest BCUT2D eigenvalue weighted by molar-refractivity contribution is 0.0997. The number of pyridine rings is 2. The van der Waals surface area contributed by atoms with Gasteiger partial charge in [0.1, 0.15) is 5.00 Å². The fraction of sp³-hybridized carbons (Fsp3) is 0.176. The molecule has 4 heterocycles. The fourth-order valence-corrected chi connectivity index (χ4v) is 3.36. The molecule has 0 aliphatic carbocycles. The van der Waals surface area contributed by atoms with E-state index in [2.05, 4.69) is 15.0 Å². The van der Waals surface area contributed by atoms with Crippen molar-refractivity contribution < 1.29 is 14.3 Å². The number of rotatable bonds is 4. The van der Waals surface area contributed by atoms with E-state index in [-0.39, 0.29) is 5.91 Å². The number of carbonyl (C=O) groups is 1. The van der Waals surface area contributed by atoms with E-state index in [1.807, 2.05) is 12.1 Å². The predicted octanol–water partition coefficient (Wildman–Crippen LogP) is 2.78. The van der Waals surface area contributed by atoms with Crippen LogP contribution in [0.15, 0.2) is 36.1 Å². The molecule has 0 fully saturated rings. The van der Waals surface area contributed by atoms with Gasteiger partial charge in [-0.25, -0.2) is 4.98 Å².